The number of ether oxygens (including phenoxy) is 1. The number of rotatable bonds is 3. The van der Waals surface area contributed by atoms with Crippen LogP contribution in [0.1, 0.15) is 10.5 Å². The maximum absolute atomic E-state index is 10.5. The number of carbonyl (C=O) groups is 1. The Bertz CT molecular complexity index is 479. The molecule has 0 aliphatic rings. The van der Waals surface area contributed by atoms with E-state index in [9.17, 15) is 4.79 Å². The minimum absolute atomic E-state index is 0.459. The lowest BCUT2D eigenvalue weighted by molar-refractivity contribution is 0.112. The van der Waals surface area contributed by atoms with Crippen LogP contribution in [0.5, 0.6) is 5.75 Å². The van der Waals surface area contributed by atoms with E-state index in [1.807, 2.05) is 24.3 Å². The van der Waals surface area contributed by atoms with Crippen LogP contribution in [-0.2, 0) is 0 Å². The molecule has 4 heteroatoms. The summed E-state index contributed by atoms with van der Waals surface area (Å²) >= 11 is 1.30. The summed E-state index contributed by atoms with van der Waals surface area (Å²) in [5, 5.41) is 0. The van der Waals surface area contributed by atoms with Gasteiger partial charge in [-0.3, -0.25) is 4.79 Å². The molecule has 0 bridgehead atoms. The Kier molecular flexibility index (Phi) is 2.78. The Balaban J connectivity index is 2.48. The maximum atomic E-state index is 10.5. The lowest BCUT2D eigenvalue weighted by Gasteiger charge is -2.04. The SMILES string of the molecule is COc1ccccc1-c1cc(C=O)ns1. The van der Waals surface area contributed by atoms with Crippen LogP contribution in [0.3, 0.4) is 0 Å². The highest BCUT2D eigenvalue weighted by Crippen LogP contribution is 2.32. The Morgan fingerprint density at radius 2 is 2.20 bits per heavy atom. The zero-order valence-corrected chi connectivity index (χ0v) is 8.95. The van der Waals surface area contributed by atoms with Crippen LogP contribution in [0.2, 0.25) is 0 Å². The molecule has 15 heavy (non-hydrogen) atoms. The van der Waals surface area contributed by atoms with Gasteiger partial charge in [0.05, 0.1) is 12.0 Å². The second-order valence-corrected chi connectivity index (χ2v) is 3.74. The zero-order chi connectivity index (χ0) is 10.7. The third kappa shape index (κ3) is 1.89. The van der Waals surface area contributed by atoms with E-state index in [2.05, 4.69) is 4.37 Å². The number of methoxy groups -OCH3 is 1. The highest BCUT2D eigenvalue weighted by molar-refractivity contribution is 7.09. The standard InChI is InChI=1S/C11H9NO2S/c1-14-10-5-3-2-4-9(10)11-6-8(7-13)12-15-11/h2-7H,1H3. The van der Waals surface area contributed by atoms with Crippen molar-refractivity contribution in [3.8, 4) is 16.2 Å². The Morgan fingerprint density at radius 1 is 1.40 bits per heavy atom. The summed E-state index contributed by atoms with van der Waals surface area (Å²) in [5.41, 5.74) is 1.42. The van der Waals surface area contributed by atoms with Gasteiger partial charge >= 0.3 is 0 Å². The molecular weight excluding hydrogens is 210 g/mol. The third-order valence-electron chi connectivity index (χ3n) is 2.02. The van der Waals surface area contributed by atoms with Gasteiger partial charge in [-0.25, -0.2) is 0 Å². The highest BCUT2D eigenvalue weighted by atomic mass is 32.1. The molecule has 0 aliphatic heterocycles. The molecule has 0 spiro atoms. The number of para-hydroxylation sites is 1. The van der Waals surface area contributed by atoms with Crippen LogP contribution in [0.15, 0.2) is 30.3 Å². The summed E-state index contributed by atoms with van der Waals surface area (Å²) in [7, 11) is 1.63. The largest absolute Gasteiger partial charge is 0.496 e. The van der Waals surface area contributed by atoms with Crippen molar-refractivity contribution < 1.29 is 9.53 Å². The lowest BCUT2D eigenvalue weighted by atomic mass is 10.1. The number of carbonyl (C=O) groups excluding carboxylic acids is 1. The molecular formula is C11H9NO2S. The molecule has 0 atom stereocenters. The summed E-state index contributed by atoms with van der Waals surface area (Å²) in [6, 6.07) is 9.42. The number of hydrogen-bond acceptors (Lipinski definition) is 4. The molecule has 1 heterocycles. The van der Waals surface area contributed by atoms with Gasteiger partial charge in [0.2, 0.25) is 0 Å². The van der Waals surface area contributed by atoms with Gasteiger partial charge in [-0.1, -0.05) is 12.1 Å². The third-order valence-corrected chi connectivity index (χ3v) is 2.86. The number of aldehydes is 1. The van der Waals surface area contributed by atoms with Gasteiger partial charge in [-0.2, -0.15) is 4.37 Å². The van der Waals surface area contributed by atoms with E-state index < -0.39 is 0 Å². The zero-order valence-electron chi connectivity index (χ0n) is 8.14. The molecule has 2 rings (SSSR count). The number of benzene rings is 1. The maximum Gasteiger partial charge on any atom is 0.169 e. The van der Waals surface area contributed by atoms with Crippen LogP contribution >= 0.6 is 11.5 Å². The minimum atomic E-state index is 0.459. The summed E-state index contributed by atoms with van der Waals surface area (Å²) in [6.45, 7) is 0. The fraction of sp³-hybridized carbons (Fsp3) is 0.0909. The van der Waals surface area contributed by atoms with Gasteiger partial charge in [0.25, 0.3) is 0 Å². The van der Waals surface area contributed by atoms with Crippen LogP contribution in [0.25, 0.3) is 10.4 Å². The predicted molar refractivity (Wildman–Crippen MR) is 59.5 cm³/mol. The average molecular weight is 219 g/mol. The first-order valence-electron chi connectivity index (χ1n) is 4.40. The molecule has 0 radical (unpaired) electrons. The topological polar surface area (TPSA) is 39.2 Å². The Labute approximate surface area is 91.5 Å². The van der Waals surface area contributed by atoms with E-state index in [-0.39, 0.29) is 0 Å². The number of aromatic nitrogens is 1. The molecule has 0 fully saturated rings. The number of nitrogens with zero attached hydrogens (tertiary/aromatic N) is 1. The van der Waals surface area contributed by atoms with Gasteiger partial charge in [0.1, 0.15) is 11.4 Å². The second kappa shape index (κ2) is 4.23. The highest BCUT2D eigenvalue weighted by Gasteiger charge is 2.08. The van der Waals surface area contributed by atoms with Crippen molar-refractivity contribution in [2.45, 2.75) is 0 Å². The van der Waals surface area contributed by atoms with Gasteiger partial charge in [-0.15, -0.1) is 0 Å². The first-order chi connectivity index (χ1) is 7.35. The summed E-state index contributed by atoms with van der Waals surface area (Å²) in [4.78, 5) is 11.5. The monoisotopic (exact) mass is 219 g/mol. The van der Waals surface area contributed by atoms with Crippen molar-refractivity contribution in [3.63, 3.8) is 0 Å². The fourth-order valence-corrected chi connectivity index (χ4v) is 2.06. The van der Waals surface area contributed by atoms with Gasteiger partial charge in [0.15, 0.2) is 6.29 Å². The molecule has 0 N–H and O–H groups in total. The number of hydrogen-bond donors (Lipinski definition) is 0. The van der Waals surface area contributed by atoms with Gasteiger partial charge in [0, 0.05) is 5.56 Å². The molecule has 2 aromatic rings. The van der Waals surface area contributed by atoms with Crippen LogP contribution in [0, 0.1) is 0 Å². The van der Waals surface area contributed by atoms with Crippen molar-refractivity contribution in [1.82, 2.24) is 4.37 Å². The average Bonchev–Trinajstić information content (AvgIpc) is 2.77. The van der Waals surface area contributed by atoms with Gasteiger partial charge in [-0.05, 0) is 29.7 Å². The first-order valence-corrected chi connectivity index (χ1v) is 5.18. The van der Waals surface area contributed by atoms with Gasteiger partial charge < -0.3 is 4.74 Å². The van der Waals surface area contributed by atoms with Crippen LogP contribution < -0.4 is 4.74 Å². The molecule has 1 aromatic carbocycles. The molecule has 0 unspecified atom stereocenters. The summed E-state index contributed by atoms with van der Waals surface area (Å²) in [6.07, 6.45) is 0.745. The summed E-state index contributed by atoms with van der Waals surface area (Å²) in [5.74, 6) is 0.790. The van der Waals surface area contributed by atoms with Crippen LogP contribution in [-0.4, -0.2) is 17.8 Å². The van der Waals surface area contributed by atoms with Crippen LogP contribution in [0.4, 0.5) is 0 Å². The summed E-state index contributed by atoms with van der Waals surface area (Å²) < 4.78 is 9.24. The van der Waals surface area contributed by atoms with E-state index >= 15 is 0 Å². The van der Waals surface area contributed by atoms with E-state index in [0.717, 1.165) is 22.5 Å². The lowest BCUT2D eigenvalue weighted by Crippen LogP contribution is -1.85. The second-order valence-electron chi connectivity index (χ2n) is 2.93. The smallest absolute Gasteiger partial charge is 0.169 e. The molecule has 3 nitrogen and oxygen atoms in total. The van der Waals surface area contributed by atoms with Crippen molar-refractivity contribution in [2.75, 3.05) is 7.11 Å². The van der Waals surface area contributed by atoms with Crippen molar-refractivity contribution in [1.29, 1.82) is 0 Å². The first kappa shape index (κ1) is 9.86. The molecule has 0 amide bonds. The van der Waals surface area contributed by atoms with E-state index in [0.29, 0.717) is 5.69 Å². The minimum Gasteiger partial charge on any atom is -0.496 e. The molecule has 76 valence electrons. The van der Waals surface area contributed by atoms with E-state index in [4.69, 9.17) is 4.74 Å². The van der Waals surface area contributed by atoms with Crippen molar-refractivity contribution in [2.24, 2.45) is 0 Å². The molecule has 0 saturated heterocycles. The van der Waals surface area contributed by atoms with E-state index in [1.165, 1.54) is 11.5 Å². The van der Waals surface area contributed by atoms with Crippen molar-refractivity contribution in [3.05, 3.63) is 36.0 Å². The normalized spacial score (nSPS) is 9.93. The Hall–Kier alpha value is -1.68. The molecule has 0 saturated carbocycles. The fourth-order valence-electron chi connectivity index (χ4n) is 1.32. The van der Waals surface area contributed by atoms with Crippen molar-refractivity contribution >= 4 is 17.8 Å². The Morgan fingerprint density at radius 3 is 2.87 bits per heavy atom. The quantitative estimate of drug-likeness (QED) is 0.745. The predicted octanol–water partition coefficient (Wildman–Crippen LogP) is 2.63. The molecule has 1 aromatic heterocycles. The van der Waals surface area contributed by atoms with E-state index in [1.54, 1.807) is 13.2 Å². The molecule has 0 aliphatic carbocycles.